The standard InChI is InChI=1S/C19H18OP.C18H33P.C17H14P.Fe/c1-15(20)18-13-8-14-19(18)21(16-9-4-2-5-10-16)17-11-6-3-7-12-17;1-4-10-16(11-5-1)19(17-12-6-2-7-13-17)18-14-8-3-9-15-18;1-3-9-15(10-4-1)18(17-13-7-8-14-17)16-11-5-2-6-12-16;/h2-15,20H,1H3;16-18H,1-15H2;1-14H;/q-1;;-5;. The Balaban J connectivity index is 0.000000148. The van der Waals surface area contributed by atoms with Crippen LogP contribution >= 0.6 is 23.8 Å². The molecule has 1 unspecified atom stereocenters. The maximum atomic E-state index is 10.0. The van der Waals surface area contributed by atoms with Gasteiger partial charge in [-0.15, -0.1) is 10.9 Å². The Kier molecular flexibility index (Phi) is 19.2. The molecule has 316 valence electrons. The van der Waals surface area contributed by atoms with Gasteiger partial charge in [0, 0.05) is 23.2 Å². The summed E-state index contributed by atoms with van der Waals surface area (Å²) in [5.41, 5.74) is 4.61. The second kappa shape index (κ2) is 24.7. The number of aliphatic hydroxyl groups is 1. The van der Waals surface area contributed by atoms with E-state index in [-0.39, 0.29) is 17.1 Å². The smallest absolute Gasteiger partial charge is 0.0328 e. The number of hydrogen-bond acceptors (Lipinski definition) is 1. The van der Waals surface area contributed by atoms with E-state index in [1.807, 2.05) is 31.2 Å². The van der Waals surface area contributed by atoms with Gasteiger partial charge in [-0.3, -0.25) is 0 Å². The maximum Gasteiger partial charge on any atom is 0.0328 e. The monoisotopic (exact) mass is 878 g/mol. The first kappa shape index (κ1) is 45.9. The third kappa shape index (κ3) is 12.9. The van der Waals surface area contributed by atoms with Crippen LogP contribution in [0.1, 0.15) is 115 Å². The van der Waals surface area contributed by atoms with Crippen molar-refractivity contribution in [3.05, 3.63) is 169 Å². The van der Waals surface area contributed by atoms with Crippen molar-refractivity contribution in [3.63, 3.8) is 0 Å². The summed E-state index contributed by atoms with van der Waals surface area (Å²) in [6.45, 7) is 1.84. The van der Waals surface area contributed by atoms with Crippen LogP contribution in [0.25, 0.3) is 0 Å². The molecule has 3 aliphatic carbocycles. The molecule has 6 aromatic carbocycles. The fraction of sp³-hybridized carbons (Fsp3) is 0.370. The van der Waals surface area contributed by atoms with Crippen molar-refractivity contribution in [1.29, 1.82) is 0 Å². The van der Waals surface area contributed by atoms with Gasteiger partial charge >= 0.3 is 0 Å². The van der Waals surface area contributed by atoms with Crippen LogP contribution in [0.15, 0.2) is 164 Å². The Bertz CT molecular complexity index is 1840. The van der Waals surface area contributed by atoms with E-state index < -0.39 is 21.9 Å². The van der Waals surface area contributed by atoms with Crippen LogP contribution in [0.3, 0.4) is 0 Å². The Morgan fingerprint density at radius 3 is 1.20 bits per heavy atom. The van der Waals surface area contributed by atoms with E-state index in [4.69, 9.17) is 0 Å². The molecule has 3 aliphatic rings. The van der Waals surface area contributed by atoms with E-state index in [0.717, 1.165) is 5.56 Å². The van der Waals surface area contributed by atoms with Crippen LogP contribution < -0.4 is 31.8 Å². The second-order valence-corrected chi connectivity index (χ2v) is 24.0. The molecule has 0 radical (unpaired) electrons. The first-order chi connectivity index (χ1) is 28.7. The zero-order valence-corrected chi connectivity index (χ0v) is 38.9. The average molecular weight is 879 g/mol. The summed E-state index contributed by atoms with van der Waals surface area (Å²) < 4.78 is 0. The Morgan fingerprint density at radius 1 is 0.492 bits per heavy atom. The minimum absolute atomic E-state index is 0. The molecule has 6 aromatic rings. The van der Waals surface area contributed by atoms with Gasteiger partial charge < -0.3 is 34.7 Å². The van der Waals surface area contributed by atoms with E-state index in [2.05, 4.69) is 140 Å². The Labute approximate surface area is 371 Å². The molecule has 0 heterocycles. The van der Waals surface area contributed by atoms with Crippen molar-refractivity contribution in [3.8, 4) is 0 Å². The van der Waals surface area contributed by atoms with Gasteiger partial charge in [-0.2, -0.15) is 6.07 Å². The van der Waals surface area contributed by atoms with Gasteiger partial charge in [0.25, 0.3) is 0 Å². The van der Waals surface area contributed by atoms with E-state index in [9.17, 15) is 5.11 Å². The van der Waals surface area contributed by atoms with E-state index in [0.29, 0.717) is 7.92 Å². The molecule has 5 heteroatoms. The number of benzene rings is 4. The minimum Gasteiger partial charge on any atom is -0.747 e. The van der Waals surface area contributed by atoms with Gasteiger partial charge in [0.2, 0.25) is 0 Å². The molecule has 59 heavy (non-hydrogen) atoms. The molecule has 0 saturated heterocycles. The van der Waals surface area contributed by atoms with Gasteiger partial charge in [0.05, 0.1) is 0 Å². The van der Waals surface area contributed by atoms with Crippen LogP contribution in [0, 0.1) is 0 Å². The minimum atomic E-state index is -0.622. The molecule has 9 rings (SSSR count). The van der Waals surface area contributed by atoms with E-state index in [1.165, 1.54) is 68.1 Å². The van der Waals surface area contributed by atoms with Gasteiger partial charge in [-0.25, -0.2) is 20.1 Å². The van der Waals surface area contributed by atoms with Crippen molar-refractivity contribution >= 4 is 55.6 Å². The van der Waals surface area contributed by atoms with Gasteiger partial charge in [0.15, 0.2) is 0 Å². The van der Waals surface area contributed by atoms with Crippen LogP contribution in [-0.2, 0) is 17.1 Å². The fourth-order valence-electron chi connectivity index (χ4n) is 9.71. The molecule has 3 saturated carbocycles. The SMILES string of the molecule is C1CCC(P(C2CCCCC2)C2CCCCC2)CC1.CC(O)[c-]1cccc1P(c1ccccc1)c1ccccc1.[Fe].c1ccc(P(c2ccccc2)[c-]2[cH-][cH-][cH-][cH-]2)cc1. The van der Waals surface area contributed by atoms with Crippen molar-refractivity contribution in [2.24, 2.45) is 0 Å². The summed E-state index contributed by atoms with van der Waals surface area (Å²) in [5, 5.41) is 18.2. The molecule has 0 bridgehead atoms. The van der Waals surface area contributed by atoms with Crippen molar-refractivity contribution in [2.45, 2.75) is 126 Å². The van der Waals surface area contributed by atoms with E-state index >= 15 is 0 Å². The van der Waals surface area contributed by atoms with Gasteiger partial charge in [-0.1, -0.05) is 198 Å². The summed E-state index contributed by atoms with van der Waals surface area (Å²) in [5.74, 6) is 0. The molecule has 1 atom stereocenters. The average Bonchev–Trinajstić information content (AvgIpc) is 4.01. The summed E-state index contributed by atoms with van der Waals surface area (Å²) in [4.78, 5) is 0. The zero-order valence-electron chi connectivity index (χ0n) is 35.1. The Morgan fingerprint density at radius 2 is 0.847 bits per heavy atom. The third-order valence-corrected chi connectivity index (χ3v) is 21.5. The summed E-state index contributed by atoms with van der Waals surface area (Å²) in [7, 11) is -0.646. The Hall–Kier alpha value is -2.65. The predicted octanol–water partition coefficient (Wildman–Crippen LogP) is 12.8. The van der Waals surface area contributed by atoms with Crippen LogP contribution in [-0.4, -0.2) is 22.1 Å². The summed E-state index contributed by atoms with van der Waals surface area (Å²) in [6.07, 6.45) is 23.2. The number of hydrogen-bond donors (Lipinski definition) is 1. The molecule has 0 aromatic heterocycles. The van der Waals surface area contributed by atoms with E-state index in [1.54, 1.807) is 77.0 Å². The molecular weight excluding hydrogens is 813 g/mol. The quantitative estimate of drug-likeness (QED) is 0.0826. The summed E-state index contributed by atoms with van der Waals surface area (Å²) >= 11 is 0. The first-order valence-corrected chi connectivity index (χ1v) is 26.6. The van der Waals surface area contributed by atoms with Crippen LogP contribution in [0.2, 0.25) is 0 Å². The number of rotatable bonds is 10. The first-order valence-electron chi connectivity index (χ1n) is 22.4. The van der Waals surface area contributed by atoms with Gasteiger partial charge in [0.1, 0.15) is 0 Å². The fourth-order valence-corrected chi connectivity index (χ4v) is 19.2. The molecule has 0 aliphatic heterocycles. The zero-order chi connectivity index (χ0) is 39.8. The molecule has 3 fully saturated rings. The van der Waals surface area contributed by atoms with Crippen molar-refractivity contribution in [1.82, 2.24) is 0 Å². The molecule has 0 spiro atoms. The normalized spacial score (nSPS) is 17.0. The molecule has 1 N–H and O–H groups in total. The maximum absolute atomic E-state index is 10.0. The van der Waals surface area contributed by atoms with Crippen molar-refractivity contribution in [2.75, 3.05) is 0 Å². The van der Waals surface area contributed by atoms with Crippen LogP contribution in [0.5, 0.6) is 0 Å². The summed E-state index contributed by atoms with van der Waals surface area (Å²) in [6, 6.07) is 57.6. The molecule has 0 amide bonds. The second-order valence-electron chi connectivity index (χ2n) is 16.5. The largest absolute Gasteiger partial charge is 0.747 e. The number of aliphatic hydroxyl groups excluding tert-OH is 1. The third-order valence-electron chi connectivity index (χ3n) is 12.5. The predicted molar refractivity (Wildman–Crippen MR) is 260 cm³/mol. The van der Waals surface area contributed by atoms with Crippen molar-refractivity contribution < 1.29 is 22.2 Å². The topological polar surface area (TPSA) is 20.2 Å². The molecular formula is C54H65FeOP3-6. The van der Waals surface area contributed by atoms with Gasteiger partial charge in [-0.05, 0) is 81.0 Å². The van der Waals surface area contributed by atoms with Crippen LogP contribution in [0.4, 0.5) is 0 Å². The molecule has 1 nitrogen and oxygen atoms in total.